The van der Waals surface area contributed by atoms with E-state index >= 15 is 0 Å². The molecule has 0 unspecified atom stereocenters. The third-order valence-electron chi connectivity index (χ3n) is 1.24. The molecular formula is C9H10N. The molecule has 1 heteroatoms. The van der Waals surface area contributed by atoms with E-state index in [0.29, 0.717) is 0 Å². The van der Waals surface area contributed by atoms with Crippen molar-refractivity contribution in [1.82, 2.24) is 0 Å². The molecule has 1 nitrogen and oxygen atoms in total. The first-order valence-electron chi connectivity index (χ1n) is 3.27. The predicted molar refractivity (Wildman–Crippen MR) is 43.9 cm³/mol. The minimum Gasteiger partial charge on any atom is -0.252 e. The zero-order chi connectivity index (χ0) is 7.40. The van der Waals surface area contributed by atoms with E-state index in [1.165, 1.54) is 5.56 Å². The van der Waals surface area contributed by atoms with Crippen LogP contribution in [0.3, 0.4) is 0 Å². The average Bonchev–Trinajstić information content (AvgIpc) is 1.88. The Morgan fingerprint density at radius 3 is 2.80 bits per heavy atom. The smallest absolute Gasteiger partial charge is 0.0636 e. The highest BCUT2D eigenvalue weighted by Gasteiger charge is 1.85. The van der Waals surface area contributed by atoms with Crippen LogP contribution in [0.25, 0.3) is 0 Å². The fourth-order valence-electron chi connectivity index (χ4n) is 0.827. The lowest BCUT2D eigenvalue weighted by atomic mass is 10.2. The summed E-state index contributed by atoms with van der Waals surface area (Å²) in [5.74, 6) is 0. The van der Waals surface area contributed by atoms with Crippen LogP contribution in [0.1, 0.15) is 12.5 Å². The molecule has 0 N–H and O–H groups in total. The zero-order valence-corrected chi connectivity index (χ0v) is 6.26. The van der Waals surface area contributed by atoms with Gasteiger partial charge in [-0.25, -0.2) is 0 Å². The Kier molecular flexibility index (Phi) is 2.21. The van der Waals surface area contributed by atoms with Crippen LogP contribution in [0, 0.1) is 6.92 Å². The quantitative estimate of drug-likeness (QED) is 0.521. The molecule has 0 heterocycles. The second-order valence-corrected chi connectivity index (χ2v) is 2.17. The second kappa shape index (κ2) is 3.16. The molecule has 0 aliphatic carbocycles. The molecule has 0 bridgehead atoms. The third kappa shape index (κ3) is 1.69. The van der Waals surface area contributed by atoms with E-state index in [2.05, 4.69) is 24.2 Å². The van der Waals surface area contributed by atoms with Crippen molar-refractivity contribution in [1.29, 1.82) is 0 Å². The lowest BCUT2D eigenvalue weighted by Crippen LogP contribution is -1.69. The van der Waals surface area contributed by atoms with Crippen LogP contribution in [-0.2, 0) is 0 Å². The number of aryl methyl sites for hydroxylation is 1. The zero-order valence-electron chi connectivity index (χ0n) is 6.26. The van der Waals surface area contributed by atoms with Crippen molar-refractivity contribution in [2.75, 3.05) is 0 Å². The van der Waals surface area contributed by atoms with Gasteiger partial charge in [0.15, 0.2) is 0 Å². The molecular weight excluding hydrogens is 122 g/mol. The molecule has 0 atom stereocenters. The van der Waals surface area contributed by atoms with Gasteiger partial charge in [-0.1, -0.05) is 12.1 Å². The van der Waals surface area contributed by atoms with Gasteiger partial charge in [0.25, 0.3) is 0 Å². The summed E-state index contributed by atoms with van der Waals surface area (Å²) < 4.78 is 0. The van der Waals surface area contributed by atoms with Gasteiger partial charge < -0.3 is 0 Å². The standard InChI is InChI=1S/C9H10N/c1-3-10-9-6-4-5-8(2)7-9/h4-7H,1-2H3. The van der Waals surface area contributed by atoms with E-state index in [0.717, 1.165) is 5.69 Å². The molecule has 0 aliphatic heterocycles. The first kappa shape index (κ1) is 7.00. The van der Waals surface area contributed by atoms with Gasteiger partial charge in [-0.3, -0.25) is 4.99 Å². The van der Waals surface area contributed by atoms with Crippen molar-refractivity contribution in [3.63, 3.8) is 0 Å². The molecule has 10 heavy (non-hydrogen) atoms. The number of hydrogen-bond acceptors (Lipinski definition) is 1. The maximum Gasteiger partial charge on any atom is 0.0636 e. The van der Waals surface area contributed by atoms with Gasteiger partial charge in [-0.05, 0) is 31.5 Å². The van der Waals surface area contributed by atoms with Crippen molar-refractivity contribution < 1.29 is 0 Å². The van der Waals surface area contributed by atoms with Gasteiger partial charge in [-0.2, -0.15) is 0 Å². The molecule has 1 radical (unpaired) electrons. The molecule has 51 valence electrons. The van der Waals surface area contributed by atoms with Crippen molar-refractivity contribution in [2.24, 2.45) is 4.99 Å². The fraction of sp³-hybridized carbons (Fsp3) is 0.222. The Hall–Kier alpha value is -1.11. The number of benzene rings is 1. The van der Waals surface area contributed by atoms with Crippen molar-refractivity contribution in [2.45, 2.75) is 13.8 Å². The van der Waals surface area contributed by atoms with E-state index in [9.17, 15) is 0 Å². The van der Waals surface area contributed by atoms with Crippen LogP contribution in [0.2, 0.25) is 0 Å². The summed E-state index contributed by atoms with van der Waals surface area (Å²) in [4.78, 5) is 4.02. The van der Waals surface area contributed by atoms with Gasteiger partial charge in [0, 0.05) is 0 Å². The van der Waals surface area contributed by atoms with Crippen LogP contribution in [0.5, 0.6) is 0 Å². The summed E-state index contributed by atoms with van der Waals surface area (Å²) in [7, 11) is 0. The van der Waals surface area contributed by atoms with Crippen LogP contribution >= 0.6 is 0 Å². The number of nitrogens with zero attached hydrogens (tertiary/aromatic N) is 1. The van der Waals surface area contributed by atoms with Crippen LogP contribution in [-0.4, -0.2) is 6.21 Å². The van der Waals surface area contributed by atoms with E-state index in [-0.39, 0.29) is 0 Å². The van der Waals surface area contributed by atoms with Gasteiger partial charge in [-0.15, -0.1) is 0 Å². The largest absolute Gasteiger partial charge is 0.252 e. The Balaban J connectivity index is 2.95. The first-order valence-corrected chi connectivity index (χ1v) is 3.27. The molecule has 0 saturated heterocycles. The van der Waals surface area contributed by atoms with Gasteiger partial charge in [0.2, 0.25) is 0 Å². The fourth-order valence-corrected chi connectivity index (χ4v) is 0.827. The molecule has 0 saturated carbocycles. The molecule has 0 aliphatic rings. The second-order valence-electron chi connectivity index (χ2n) is 2.17. The van der Waals surface area contributed by atoms with Crippen molar-refractivity contribution >= 4 is 11.9 Å². The SMILES string of the molecule is C/[C]=N\c1cccc(C)c1. The van der Waals surface area contributed by atoms with Crippen molar-refractivity contribution in [3.8, 4) is 0 Å². The molecule has 0 amide bonds. The Labute approximate surface area is 61.4 Å². The maximum atomic E-state index is 4.02. The normalized spacial score (nSPS) is 10.6. The van der Waals surface area contributed by atoms with Gasteiger partial charge in [0.05, 0.1) is 11.9 Å². The summed E-state index contributed by atoms with van der Waals surface area (Å²) in [5, 5.41) is 0. The molecule has 0 spiro atoms. The van der Waals surface area contributed by atoms with Gasteiger partial charge in [0.1, 0.15) is 0 Å². The van der Waals surface area contributed by atoms with E-state index in [1.54, 1.807) is 6.92 Å². The highest BCUT2D eigenvalue weighted by atomic mass is 14.7. The maximum absolute atomic E-state index is 4.02. The number of rotatable bonds is 1. The summed E-state index contributed by atoms with van der Waals surface area (Å²) in [6.07, 6.45) is 2.74. The topological polar surface area (TPSA) is 12.4 Å². The van der Waals surface area contributed by atoms with E-state index < -0.39 is 0 Å². The minimum atomic E-state index is 0.975. The molecule has 0 aromatic heterocycles. The Morgan fingerprint density at radius 1 is 1.40 bits per heavy atom. The van der Waals surface area contributed by atoms with Crippen LogP contribution in [0.4, 0.5) is 5.69 Å². The Bertz CT molecular complexity index is 238. The lowest BCUT2D eigenvalue weighted by Gasteiger charge is -1.92. The minimum absolute atomic E-state index is 0.975. The number of hydrogen-bond donors (Lipinski definition) is 0. The predicted octanol–water partition coefficient (Wildman–Crippen LogP) is 2.59. The average molecular weight is 132 g/mol. The van der Waals surface area contributed by atoms with Crippen molar-refractivity contribution in [3.05, 3.63) is 29.8 Å². The summed E-state index contributed by atoms with van der Waals surface area (Å²) >= 11 is 0. The van der Waals surface area contributed by atoms with E-state index in [1.807, 2.05) is 18.2 Å². The Morgan fingerprint density at radius 2 is 2.20 bits per heavy atom. The lowest BCUT2D eigenvalue weighted by molar-refractivity contribution is 1.43. The molecule has 0 fully saturated rings. The summed E-state index contributed by atoms with van der Waals surface area (Å²) in [6, 6.07) is 8.03. The highest BCUT2D eigenvalue weighted by molar-refractivity contribution is 5.60. The summed E-state index contributed by atoms with van der Waals surface area (Å²) in [6.45, 7) is 3.84. The molecule has 1 rings (SSSR count). The third-order valence-corrected chi connectivity index (χ3v) is 1.24. The van der Waals surface area contributed by atoms with Crippen LogP contribution < -0.4 is 0 Å². The summed E-state index contributed by atoms with van der Waals surface area (Å²) in [5.41, 5.74) is 2.21. The molecule has 1 aromatic rings. The number of aliphatic imine (C=N–C) groups is 1. The van der Waals surface area contributed by atoms with E-state index in [4.69, 9.17) is 0 Å². The van der Waals surface area contributed by atoms with Crippen LogP contribution in [0.15, 0.2) is 29.3 Å². The highest BCUT2D eigenvalue weighted by Crippen LogP contribution is 2.11. The molecule has 1 aromatic carbocycles. The van der Waals surface area contributed by atoms with Gasteiger partial charge >= 0.3 is 0 Å². The monoisotopic (exact) mass is 132 g/mol. The first-order chi connectivity index (χ1) is 4.83.